The van der Waals surface area contributed by atoms with Gasteiger partial charge in [0.15, 0.2) is 11.5 Å². The molecule has 104 valence electrons. The highest BCUT2D eigenvalue weighted by atomic mass is 79.9. The number of halogens is 2. The Morgan fingerprint density at radius 3 is 2.80 bits per heavy atom. The predicted molar refractivity (Wildman–Crippen MR) is 82.4 cm³/mol. The van der Waals surface area contributed by atoms with Crippen LogP contribution in [0.2, 0.25) is 5.02 Å². The van der Waals surface area contributed by atoms with Gasteiger partial charge in [0.05, 0.1) is 17.8 Å². The third-order valence-corrected chi connectivity index (χ3v) is 3.72. The van der Waals surface area contributed by atoms with E-state index < -0.39 is 5.97 Å². The minimum Gasteiger partial charge on any atom is -0.464 e. The van der Waals surface area contributed by atoms with Crippen molar-refractivity contribution in [3.05, 3.63) is 45.5 Å². The summed E-state index contributed by atoms with van der Waals surface area (Å²) in [5.41, 5.74) is 7.17. The van der Waals surface area contributed by atoms with Crippen LogP contribution in [-0.4, -0.2) is 18.1 Å². The molecule has 0 atom stereocenters. The number of rotatable bonds is 3. The summed E-state index contributed by atoms with van der Waals surface area (Å²) < 4.78 is 5.36. The molecule has 0 aliphatic heterocycles. The summed E-state index contributed by atoms with van der Waals surface area (Å²) >= 11 is 9.25. The molecule has 0 amide bonds. The highest BCUT2D eigenvalue weighted by molar-refractivity contribution is 9.10. The van der Waals surface area contributed by atoms with Crippen molar-refractivity contribution in [2.75, 3.05) is 18.2 Å². The number of nitrogens with zero attached hydrogens (tertiary/aromatic N) is 1. The first kappa shape index (κ1) is 14.6. The molecule has 1 aromatic heterocycles. The van der Waals surface area contributed by atoms with E-state index in [0.717, 1.165) is 10.2 Å². The number of methoxy groups -OCH3 is 1. The second kappa shape index (κ2) is 6.11. The topological polar surface area (TPSA) is 77.2 Å². The Bertz CT molecular complexity index is 664. The van der Waals surface area contributed by atoms with Gasteiger partial charge < -0.3 is 15.8 Å². The van der Waals surface area contributed by atoms with E-state index in [-0.39, 0.29) is 5.69 Å². The van der Waals surface area contributed by atoms with Crippen LogP contribution >= 0.6 is 27.5 Å². The molecule has 0 unspecified atom stereocenters. The smallest absolute Gasteiger partial charge is 0.356 e. The van der Waals surface area contributed by atoms with Gasteiger partial charge in [-0.1, -0.05) is 11.6 Å². The lowest BCUT2D eigenvalue weighted by Crippen LogP contribution is -2.07. The fourth-order valence-electron chi connectivity index (χ4n) is 1.50. The van der Waals surface area contributed by atoms with Gasteiger partial charge in [0.25, 0.3) is 0 Å². The number of pyridine rings is 1. The molecule has 20 heavy (non-hydrogen) atoms. The van der Waals surface area contributed by atoms with E-state index in [4.69, 9.17) is 17.3 Å². The maximum atomic E-state index is 11.4. The summed E-state index contributed by atoms with van der Waals surface area (Å²) in [5, 5.41) is 3.62. The molecule has 0 spiro atoms. The van der Waals surface area contributed by atoms with Gasteiger partial charge in [0, 0.05) is 10.2 Å². The van der Waals surface area contributed by atoms with Crippen molar-refractivity contribution in [3.8, 4) is 0 Å². The number of benzene rings is 1. The molecule has 5 nitrogen and oxygen atoms in total. The maximum absolute atomic E-state index is 11.4. The molecule has 2 aromatic rings. The SMILES string of the molecule is COC(=O)c1ccc(N)c(Nc2ccc(Cl)c(Br)c2)n1. The normalized spacial score (nSPS) is 10.2. The number of aromatic nitrogens is 1. The van der Waals surface area contributed by atoms with Crippen molar-refractivity contribution in [2.24, 2.45) is 0 Å². The third-order valence-electron chi connectivity index (χ3n) is 2.50. The number of hydrogen-bond donors (Lipinski definition) is 2. The standard InChI is InChI=1S/C13H11BrClN3O2/c1-20-13(19)11-5-4-10(16)12(18-11)17-7-2-3-9(15)8(14)6-7/h2-6H,16H2,1H3,(H,17,18). The van der Waals surface area contributed by atoms with Crippen LogP contribution in [0, 0.1) is 0 Å². The van der Waals surface area contributed by atoms with Crippen LogP contribution in [0.5, 0.6) is 0 Å². The van der Waals surface area contributed by atoms with Crippen LogP contribution < -0.4 is 11.1 Å². The Balaban J connectivity index is 2.32. The average molecular weight is 357 g/mol. The molecule has 7 heteroatoms. The van der Waals surface area contributed by atoms with Crippen molar-refractivity contribution >= 4 is 50.7 Å². The zero-order chi connectivity index (χ0) is 14.7. The van der Waals surface area contributed by atoms with Gasteiger partial charge >= 0.3 is 5.97 Å². The molecular weight excluding hydrogens is 346 g/mol. The van der Waals surface area contributed by atoms with Crippen LogP contribution in [0.1, 0.15) is 10.5 Å². The number of anilines is 3. The zero-order valence-electron chi connectivity index (χ0n) is 10.5. The Labute approximate surface area is 129 Å². The van der Waals surface area contributed by atoms with E-state index in [2.05, 4.69) is 31.0 Å². The van der Waals surface area contributed by atoms with Gasteiger partial charge in [-0.25, -0.2) is 9.78 Å². The monoisotopic (exact) mass is 355 g/mol. The Morgan fingerprint density at radius 2 is 2.15 bits per heavy atom. The molecule has 1 heterocycles. The van der Waals surface area contributed by atoms with E-state index in [9.17, 15) is 4.79 Å². The number of esters is 1. The van der Waals surface area contributed by atoms with Crippen LogP contribution in [-0.2, 0) is 4.74 Å². The molecule has 0 aliphatic carbocycles. The van der Waals surface area contributed by atoms with E-state index in [1.807, 2.05) is 0 Å². The van der Waals surface area contributed by atoms with Crippen LogP contribution in [0.4, 0.5) is 17.2 Å². The molecule has 0 saturated heterocycles. The quantitative estimate of drug-likeness (QED) is 0.822. The van der Waals surface area contributed by atoms with Gasteiger partial charge in [-0.3, -0.25) is 0 Å². The summed E-state index contributed by atoms with van der Waals surface area (Å²) in [6.45, 7) is 0. The molecule has 0 radical (unpaired) electrons. The third kappa shape index (κ3) is 3.20. The number of hydrogen-bond acceptors (Lipinski definition) is 5. The van der Waals surface area contributed by atoms with E-state index in [0.29, 0.717) is 16.5 Å². The minimum absolute atomic E-state index is 0.178. The van der Waals surface area contributed by atoms with Gasteiger partial charge in [-0.2, -0.15) is 0 Å². The van der Waals surface area contributed by atoms with E-state index >= 15 is 0 Å². The number of ether oxygens (including phenoxy) is 1. The molecule has 0 fully saturated rings. The second-order valence-electron chi connectivity index (χ2n) is 3.88. The largest absolute Gasteiger partial charge is 0.464 e. The van der Waals surface area contributed by atoms with Gasteiger partial charge in [0.2, 0.25) is 0 Å². The highest BCUT2D eigenvalue weighted by Gasteiger charge is 2.11. The number of nitrogens with two attached hydrogens (primary N) is 1. The van der Waals surface area contributed by atoms with Crippen molar-refractivity contribution in [2.45, 2.75) is 0 Å². The Morgan fingerprint density at radius 1 is 1.40 bits per heavy atom. The fourth-order valence-corrected chi connectivity index (χ4v) is 2.00. The molecule has 2 rings (SSSR count). The summed E-state index contributed by atoms with van der Waals surface area (Å²) in [4.78, 5) is 15.6. The first-order valence-electron chi connectivity index (χ1n) is 5.58. The first-order chi connectivity index (χ1) is 9.51. The maximum Gasteiger partial charge on any atom is 0.356 e. The molecule has 1 aromatic carbocycles. The number of nitrogen functional groups attached to an aromatic ring is 1. The number of nitrogens with one attached hydrogen (secondary N) is 1. The average Bonchev–Trinajstić information content (AvgIpc) is 2.44. The lowest BCUT2D eigenvalue weighted by molar-refractivity contribution is 0.0594. The Hall–Kier alpha value is -1.79. The van der Waals surface area contributed by atoms with Gasteiger partial charge in [0.1, 0.15) is 0 Å². The van der Waals surface area contributed by atoms with Crippen LogP contribution in [0.25, 0.3) is 0 Å². The van der Waals surface area contributed by atoms with Crippen LogP contribution in [0.15, 0.2) is 34.8 Å². The van der Waals surface area contributed by atoms with Crippen LogP contribution in [0.3, 0.4) is 0 Å². The predicted octanol–water partition coefficient (Wildman–Crippen LogP) is 3.61. The zero-order valence-corrected chi connectivity index (χ0v) is 12.8. The van der Waals surface area contributed by atoms with Crippen molar-refractivity contribution < 1.29 is 9.53 Å². The van der Waals surface area contributed by atoms with Gasteiger partial charge in [-0.05, 0) is 46.3 Å². The lowest BCUT2D eigenvalue weighted by Gasteiger charge is -2.10. The van der Waals surface area contributed by atoms with Crippen molar-refractivity contribution in [1.82, 2.24) is 4.98 Å². The summed E-state index contributed by atoms with van der Waals surface area (Å²) in [6.07, 6.45) is 0. The second-order valence-corrected chi connectivity index (χ2v) is 5.14. The van der Waals surface area contributed by atoms with Gasteiger partial charge in [-0.15, -0.1) is 0 Å². The molecule has 0 bridgehead atoms. The molecule has 0 saturated carbocycles. The van der Waals surface area contributed by atoms with Crippen molar-refractivity contribution in [3.63, 3.8) is 0 Å². The van der Waals surface area contributed by atoms with Crippen molar-refractivity contribution in [1.29, 1.82) is 0 Å². The number of carbonyl (C=O) groups is 1. The number of carbonyl (C=O) groups excluding carboxylic acids is 1. The minimum atomic E-state index is -0.523. The first-order valence-corrected chi connectivity index (χ1v) is 6.75. The fraction of sp³-hybridized carbons (Fsp3) is 0.0769. The lowest BCUT2D eigenvalue weighted by atomic mass is 10.3. The molecular formula is C13H11BrClN3O2. The highest BCUT2D eigenvalue weighted by Crippen LogP contribution is 2.28. The van der Waals surface area contributed by atoms with E-state index in [1.165, 1.54) is 13.2 Å². The molecule has 3 N–H and O–H groups in total. The summed E-state index contributed by atoms with van der Waals surface area (Å²) in [7, 11) is 1.30. The Kier molecular flexibility index (Phi) is 4.46. The summed E-state index contributed by atoms with van der Waals surface area (Å²) in [6, 6.07) is 8.39. The summed E-state index contributed by atoms with van der Waals surface area (Å²) in [5.74, 6) is -0.146. The molecule has 0 aliphatic rings. The van der Waals surface area contributed by atoms with E-state index in [1.54, 1.807) is 24.3 Å².